The second kappa shape index (κ2) is 5.94. The fourth-order valence-corrected chi connectivity index (χ4v) is 2.44. The predicted molar refractivity (Wildman–Crippen MR) is 73.4 cm³/mol. The number of aryl methyl sites for hydroxylation is 2. The molecular weight excluding hydrogens is 264 g/mol. The van der Waals surface area contributed by atoms with Gasteiger partial charge in [-0.05, 0) is 19.9 Å². The highest BCUT2D eigenvalue weighted by atomic mass is 32.1. The number of aromatic nitrogens is 2. The average Bonchev–Trinajstić information content (AvgIpc) is 2.98. The van der Waals surface area contributed by atoms with Gasteiger partial charge in [0.1, 0.15) is 17.1 Å². The molecule has 2 rings (SSSR count). The Morgan fingerprint density at radius 2 is 2.37 bits per heavy atom. The highest BCUT2D eigenvalue weighted by Gasteiger charge is 2.17. The van der Waals surface area contributed by atoms with E-state index in [2.05, 4.69) is 15.5 Å². The molecule has 6 nitrogen and oxygen atoms in total. The van der Waals surface area contributed by atoms with Crippen LogP contribution in [0.15, 0.2) is 9.90 Å². The number of hydrogen-bond acceptors (Lipinski definition) is 6. The minimum atomic E-state index is -0.250. The molecule has 0 saturated heterocycles. The summed E-state index contributed by atoms with van der Waals surface area (Å²) in [6.07, 6.45) is 1.38. The molecule has 0 fully saturated rings. The summed E-state index contributed by atoms with van der Waals surface area (Å²) in [6.45, 7) is 4.25. The van der Waals surface area contributed by atoms with E-state index in [0.717, 1.165) is 10.7 Å². The lowest BCUT2D eigenvalue weighted by Crippen LogP contribution is -2.14. The Kier molecular flexibility index (Phi) is 4.28. The Bertz CT molecular complexity index is 576. The maximum Gasteiger partial charge on any atom is 0.275 e. The first-order chi connectivity index (χ1) is 9.15. The summed E-state index contributed by atoms with van der Waals surface area (Å²) in [7, 11) is 0. The zero-order valence-corrected chi connectivity index (χ0v) is 11.7. The number of hydrogen-bond donors (Lipinski definition) is 2. The molecule has 3 N–H and O–H groups in total. The van der Waals surface area contributed by atoms with Crippen molar-refractivity contribution in [1.29, 1.82) is 0 Å². The number of nitrogens with zero attached hydrogens (tertiary/aromatic N) is 2. The normalized spacial score (nSPS) is 10.7. The second-order valence-electron chi connectivity index (χ2n) is 4.03. The summed E-state index contributed by atoms with van der Waals surface area (Å²) in [6, 6.07) is 0. The zero-order chi connectivity index (χ0) is 13.8. The molecule has 0 aliphatic heterocycles. The van der Waals surface area contributed by atoms with Crippen LogP contribution in [-0.4, -0.2) is 22.6 Å². The molecule has 0 unspecified atom stereocenters. The Morgan fingerprint density at radius 1 is 1.58 bits per heavy atom. The van der Waals surface area contributed by atoms with E-state index in [0.29, 0.717) is 36.5 Å². The molecule has 2 aromatic rings. The molecule has 2 heterocycles. The molecule has 1 amide bonds. The van der Waals surface area contributed by atoms with Crippen LogP contribution >= 0.6 is 11.3 Å². The molecule has 0 bridgehead atoms. The number of rotatable bonds is 5. The molecule has 2 aromatic heterocycles. The van der Waals surface area contributed by atoms with E-state index in [1.165, 1.54) is 11.3 Å². The summed E-state index contributed by atoms with van der Waals surface area (Å²) in [5.74, 6) is 0.350. The Morgan fingerprint density at radius 3 is 3.05 bits per heavy atom. The highest BCUT2D eigenvalue weighted by molar-refractivity contribution is 7.09. The first-order valence-corrected chi connectivity index (χ1v) is 6.94. The van der Waals surface area contributed by atoms with Crippen LogP contribution in [0.4, 0.5) is 5.69 Å². The number of nitrogens with two attached hydrogens (primary N) is 1. The zero-order valence-electron chi connectivity index (χ0n) is 10.9. The minimum absolute atomic E-state index is 0.250. The van der Waals surface area contributed by atoms with Crippen LogP contribution in [0.2, 0.25) is 0 Å². The fraction of sp³-hybridized carbons (Fsp3) is 0.417. The van der Waals surface area contributed by atoms with Gasteiger partial charge in [0.15, 0.2) is 5.76 Å². The SMILES string of the molecule is CCc1noc(C)c1NC(=O)c1csc(CCN)n1. The maximum absolute atomic E-state index is 12.1. The molecule has 0 radical (unpaired) electrons. The van der Waals surface area contributed by atoms with Gasteiger partial charge < -0.3 is 15.6 Å². The van der Waals surface area contributed by atoms with Gasteiger partial charge >= 0.3 is 0 Å². The van der Waals surface area contributed by atoms with Crippen molar-refractivity contribution in [3.05, 3.63) is 27.5 Å². The molecule has 7 heteroatoms. The van der Waals surface area contributed by atoms with E-state index in [-0.39, 0.29) is 5.91 Å². The summed E-state index contributed by atoms with van der Waals surface area (Å²) < 4.78 is 5.07. The van der Waals surface area contributed by atoms with E-state index in [1.54, 1.807) is 12.3 Å². The minimum Gasteiger partial charge on any atom is -0.359 e. The van der Waals surface area contributed by atoms with Crippen molar-refractivity contribution in [1.82, 2.24) is 10.1 Å². The largest absolute Gasteiger partial charge is 0.359 e. The van der Waals surface area contributed by atoms with Crippen LogP contribution in [0, 0.1) is 6.92 Å². The third-order valence-corrected chi connectivity index (χ3v) is 3.56. The van der Waals surface area contributed by atoms with E-state index >= 15 is 0 Å². The van der Waals surface area contributed by atoms with Crippen LogP contribution in [0.3, 0.4) is 0 Å². The van der Waals surface area contributed by atoms with Gasteiger partial charge in [-0.3, -0.25) is 4.79 Å². The van der Waals surface area contributed by atoms with E-state index in [4.69, 9.17) is 10.3 Å². The van der Waals surface area contributed by atoms with Crippen molar-refractivity contribution < 1.29 is 9.32 Å². The van der Waals surface area contributed by atoms with E-state index in [1.807, 2.05) is 6.92 Å². The second-order valence-corrected chi connectivity index (χ2v) is 4.98. The first-order valence-electron chi connectivity index (χ1n) is 6.06. The molecule has 0 aliphatic rings. The number of thiazole rings is 1. The summed E-state index contributed by atoms with van der Waals surface area (Å²) >= 11 is 1.44. The molecule has 0 atom stereocenters. The van der Waals surface area contributed by atoms with Crippen molar-refractivity contribution in [2.24, 2.45) is 5.73 Å². The molecule has 0 aliphatic carbocycles. The molecule has 0 spiro atoms. The molecule has 102 valence electrons. The van der Waals surface area contributed by atoms with Crippen LogP contribution in [-0.2, 0) is 12.8 Å². The first kappa shape index (κ1) is 13.7. The summed E-state index contributed by atoms with van der Waals surface area (Å²) in [4.78, 5) is 16.3. The number of nitrogens with one attached hydrogen (secondary N) is 1. The maximum atomic E-state index is 12.1. The predicted octanol–water partition coefficient (Wildman–Crippen LogP) is 1.76. The lowest BCUT2D eigenvalue weighted by atomic mass is 10.2. The molecule has 0 saturated carbocycles. The topological polar surface area (TPSA) is 94.0 Å². The van der Waals surface area contributed by atoms with Crippen molar-refractivity contribution in [2.75, 3.05) is 11.9 Å². The highest BCUT2D eigenvalue weighted by Crippen LogP contribution is 2.21. The number of anilines is 1. The number of amides is 1. The van der Waals surface area contributed by atoms with Gasteiger partial charge in [0.2, 0.25) is 0 Å². The Hall–Kier alpha value is -1.73. The molecule has 19 heavy (non-hydrogen) atoms. The van der Waals surface area contributed by atoms with Gasteiger partial charge in [0.05, 0.1) is 5.01 Å². The lowest BCUT2D eigenvalue weighted by Gasteiger charge is -2.02. The van der Waals surface area contributed by atoms with Gasteiger partial charge in [-0.1, -0.05) is 12.1 Å². The molecular formula is C12H16N4O2S. The lowest BCUT2D eigenvalue weighted by molar-refractivity contribution is 0.102. The van der Waals surface area contributed by atoms with Gasteiger partial charge in [-0.25, -0.2) is 4.98 Å². The van der Waals surface area contributed by atoms with Crippen LogP contribution in [0.5, 0.6) is 0 Å². The smallest absolute Gasteiger partial charge is 0.275 e. The third kappa shape index (κ3) is 2.99. The van der Waals surface area contributed by atoms with Gasteiger partial charge in [0, 0.05) is 11.8 Å². The van der Waals surface area contributed by atoms with Crippen molar-refractivity contribution >= 4 is 22.9 Å². The van der Waals surface area contributed by atoms with Crippen LogP contribution in [0.1, 0.15) is 33.9 Å². The van der Waals surface area contributed by atoms with Gasteiger partial charge in [0.25, 0.3) is 5.91 Å². The number of carbonyl (C=O) groups is 1. The average molecular weight is 280 g/mol. The van der Waals surface area contributed by atoms with E-state index in [9.17, 15) is 4.79 Å². The Balaban J connectivity index is 2.13. The summed E-state index contributed by atoms with van der Waals surface area (Å²) in [5, 5.41) is 9.29. The Labute approximate surface area is 115 Å². The van der Waals surface area contributed by atoms with Gasteiger partial charge in [-0.15, -0.1) is 11.3 Å². The quantitative estimate of drug-likeness (QED) is 0.870. The monoisotopic (exact) mass is 280 g/mol. The van der Waals surface area contributed by atoms with Crippen molar-refractivity contribution in [3.8, 4) is 0 Å². The number of carbonyl (C=O) groups excluding carboxylic acids is 1. The van der Waals surface area contributed by atoms with E-state index < -0.39 is 0 Å². The fourth-order valence-electron chi connectivity index (χ4n) is 1.65. The van der Waals surface area contributed by atoms with Crippen molar-refractivity contribution in [2.45, 2.75) is 26.7 Å². The third-order valence-electron chi connectivity index (χ3n) is 2.65. The molecule has 0 aromatic carbocycles. The van der Waals surface area contributed by atoms with Gasteiger partial charge in [-0.2, -0.15) is 0 Å². The van der Waals surface area contributed by atoms with Crippen LogP contribution in [0.25, 0.3) is 0 Å². The summed E-state index contributed by atoms with van der Waals surface area (Å²) in [5.41, 5.74) is 7.24. The standard InChI is InChI=1S/C12H16N4O2S/c1-3-8-11(7(2)18-16-8)15-12(17)9-6-19-10(14-9)4-5-13/h6H,3-5,13H2,1-2H3,(H,15,17). The van der Waals surface area contributed by atoms with Crippen LogP contribution < -0.4 is 11.1 Å². The van der Waals surface area contributed by atoms with Crippen molar-refractivity contribution in [3.63, 3.8) is 0 Å².